The standard InChI is InChI=1S/C18H23NO5/c1-11(8-12(2)18(21)22-3)17(20)19-16-13(10-24-19)9-23-15-7-5-4-6-14(15)16/h4-7,11-13,16H,8-10H2,1-3H3/t11-,12+,13+,16-/m1/s1. The van der Waals surface area contributed by atoms with Crippen LogP contribution in [0.15, 0.2) is 24.3 Å². The number of hydrogen-bond acceptors (Lipinski definition) is 5. The molecule has 0 radical (unpaired) electrons. The lowest BCUT2D eigenvalue weighted by Gasteiger charge is -2.32. The van der Waals surface area contributed by atoms with Crippen LogP contribution in [0.5, 0.6) is 5.75 Å². The van der Waals surface area contributed by atoms with Gasteiger partial charge in [-0.05, 0) is 12.5 Å². The Balaban J connectivity index is 1.75. The highest BCUT2D eigenvalue weighted by molar-refractivity contribution is 5.80. The van der Waals surface area contributed by atoms with Gasteiger partial charge >= 0.3 is 5.97 Å². The highest BCUT2D eigenvalue weighted by atomic mass is 16.7. The molecule has 0 saturated carbocycles. The summed E-state index contributed by atoms with van der Waals surface area (Å²) < 4.78 is 10.5. The molecule has 1 amide bonds. The molecule has 6 nitrogen and oxygen atoms in total. The predicted octanol–water partition coefficient (Wildman–Crippen LogP) is 2.35. The smallest absolute Gasteiger partial charge is 0.308 e. The van der Waals surface area contributed by atoms with E-state index in [2.05, 4.69) is 0 Å². The first kappa shape index (κ1) is 16.8. The minimum absolute atomic E-state index is 0.102. The Morgan fingerprint density at radius 2 is 2.00 bits per heavy atom. The number of hydrogen-bond donors (Lipinski definition) is 0. The molecule has 2 heterocycles. The first-order chi connectivity index (χ1) is 11.5. The van der Waals surface area contributed by atoms with E-state index in [1.165, 1.54) is 12.2 Å². The Kier molecular flexibility index (Phi) is 4.76. The van der Waals surface area contributed by atoms with E-state index in [9.17, 15) is 9.59 Å². The molecule has 130 valence electrons. The Morgan fingerprint density at radius 3 is 2.75 bits per heavy atom. The number of benzene rings is 1. The Morgan fingerprint density at radius 1 is 1.25 bits per heavy atom. The van der Waals surface area contributed by atoms with Crippen molar-refractivity contribution in [1.29, 1.82) is 0 Å². The molecule has 1 aromatic rings. The summed E-state index contributed by atoms with van der Waals surface area (Å²) in [5.41, 5.74) is 0.979. The summed E-state index contributed by atoms with van der Waals surface area (Å²) in [6.45, 7) is 4.60. The van der Waals surface area contributed by atoms with Gasteiger partial charge in [0.05, 0.1) is 32.3 Å². The van der Waals surface area contributed by atoms with Gasteiger partial charge in [0.15, 0.2) is 0 Å². The third kappa shape index (κ3) is 2.98. The van der Waals surface area contributed by atoms with Crippen LogP contribution in [0, 0.1) is 17.8 Å². The number of fused-ring (bicyclic) bond motifs is 3. The van der Waals surface area contributed by atoms with Gasteiger partial charge < -0.3 is 9.47 Å². The van der Waals surface area contributed by atoms with Crippen molar-refractivity contribution in [2.24, 2.45) is 17.8 Å². The normalized spacial score (nSPS) is 24.4. The van der Waals surface area contributed by atoms with Crippen LogP contribution in [0.2, 0.25) is 0 Å². The van der Waals surface area contributed by atoms with Gasteiger partial charge in [0.2, 0.25) is 5.91 Å². The highest BCUT2D eigenvalue weighted by Gasteiger charge is 2.45. The zero-order valence-electron chi connectivity index (χ0n) is 14.2. The van der Waals surface area contributed by atoms with Crippen molar-refractivity contribution >= 4 is 11.9 Å². The molecule has 0 unspecified atom stereocenters. The number of para-hydroxylation sites is 1. The van der Waals surface area contributed by atoms with Crippen LogP contribution in [-0.2, 0) is 19.2 Å². The monoisotopic (exact) mass is 333 g/mol. The van der Waals surface area contributed by atoms with Crippen molar-refractivity contribution in [3.8, 4) is 5.75 Å². The van der Waals surface area contributed by atoms with Gasteiger partial charge in [-0.25, -0.2) is 5.06 Å². The molecule has 0 aliphatic carbocycles. The number of carbonyl (C=O) groups is 2. The van der Waals surface area contributed by atoms with Crippen LogP contribution < -0.4 is 4.74 Å². The average Bonchev–Trinajstić information content (AvgIpc) is 3.04. The molecule has 0 spiro atoms. The molecule has 1 saturated heterocycles. The molecule has 6 heteroatoms. The highest BCUT2D eigenvalue weighted by Crippen LogP contribution is 2.43. The van der Waals surface area contributed by atoms with Gasteiger partial charge in [0.25, 0.3) is 0 Å². The first-order valence-electron chi connectivity index (χ1n) is 8.28. The number of amides is 1. The SMILES string of the molecule is COC(=O)[C@@H](C)C[C@@H](C)C(=O)N1OC[C@@H]2COc3ccccc3[C@@H]21. The molecule has 0 N–H and O–H groups in total. The number of methoxy groups -OCH3 is 1. The summed E-state index contributed by atoms with van der Waals surface area (Å²) in [7, 11) is 1.36. The molecule has 0 bridgehead atoms. The maximum absolute atomic E-state index is 12.9. The van der Waals surface area contributed by atoms with Crippen LogP contribution in [0.3, 0.4) is 0 Å². The van der Waals surface area contributed by atoms with E-state index >= 15 is 0 Å². The lowest BCUT2D eigenvalue weighted by molar-refractivity contribution is -0.182. The van der Waals surface area contributed by atoms with Crippen LogP contribution in [0.4, 0.5) is 0 Å². The number of esters is 1. The molecule has 2 aliphatic rings. The van der Waals surface area contributed by atoms with E-state index in [0.717, 1.165) is 11.3 Å². The average molecular weight is 333 g/mol. The summed E-state index contributed by atoms with van der Waals surface area (Å²) in [5.74, 6) is -0.116. The summed E-state index contributed by atoms with van der Waals surface area (Å²) in [6.07, 6.45) is 0.431. The van der Waals surface area contributed by atoms with Crippen molar-refractivity contribution in [2.45, 2.75) is 26.3 Å². The number of ether oxygens (including phenoxy) is 2. The van der Waals surface area contributed by atoms with Gasteiger partial charge in [0, 0.05) is 17.4 Å². The van der Waals surface area contributed by atoms with E-state index in [4.69, 9.17) is 14.3 Å². The molecule has 1 aromatic carbocycles. The zero-order valence-corrected chi connectivity index (χ0v) is 14.2. The van der Waals surface area contributed by atoms with E-state index in [1.54, 1.807) is 6.92 Å². The Labute approximate surface area is 141 Å². The summed E-state index contributed by atoms with van der Waals surface area (Å²) >= 11 is 0. The number of rotatable bonds is 4. The predicted molar refractivity (Wildman–Crippen MR) is 85.9 cm³/mol. The van der Waals surface area contributed by atoms with E-state index < -0.39 is 0 Å². The van der Waals surface area contributed by atoms with E-state index in [0.29, 0.717) is 19.6 Å². The fourth-order valence-corrected chi connectivity index (χ4v) is 3.46. The maximum atomic E-state index is 12.9. The molecule has 24 heavy (non-hydrogen) atoms. The van der Waals surface area contributed by atoms with Crippen molar-refractivity contribution < 1.29 is 23.9 Å². The van der Waals surface area contributed by atoms with Crippen LogP contribution in [0.25, 0.3) is 0 Å². The van der Waals surface area contributed by atoms with Crippen molar-refractivity contribution in [1.82, 2.24) is 5.06 Å². The molecule has 2 aliphatic heterocycles. The minimum Gasteiger partial charge on any atom is -0.493 e. The lowest BCUT2D eigenvalue weighted by Crippen LogP contribution is -2.38. The number of hydroxylamine groups is 2. The van der Waals surface area contributed by atoms with Gasteiger partial charge in [-0.15, -0.1) is 0 Å². The first-order valence-corrected chi connectivity index (χ1v) is 8.28. The topological polar surface area (TPSA) is 65.1 Å². The number of carbonyl (C=O) groups excluding carboxylic acids is 2. The molecule has 0 aromatic heterocycles. The van der Waals surface area contributed by atoms with Crippen LogP contribution in [-0.4, -0.2) is 37.3 Å². The molecule has 3 rings (SSSR count). The minimum atomic E-state index is -0.326. The van der Waals surface area contributed by atoms with Crippen molar-refractivity contribution in [3.05, 3.63) is 29.8 Å². The Bertz CT molecular complexity index is 632. The Hall–Kier alpha value is -2.08. The van der Waals surface area contributed by atoms with E-state index in [-0.39, 0.29) is 35.7 Å². The lowest BCUT2D eigenvalue weighted by atomic mass is 9.90. The van der Waals surface area contributed by atoms with Crippen molar-refractivity contribution in [2.75, 3.05) is 20.3 Å². The molecule has 4 atom stereocenters. The quantitative estimate of drug-likeness (QED) is 0.791. The maximum Gasteiger partial charge on any atom is 0.308 e. The second-order valence-corrected chi connectivity index (χ2v) is 6.57. The third-order valence-corrected chi connectivity index (χ3v) is 4.77. The second kappa shape index (κ2) is 6.81. The molecular formula is C18H23NO5. The van der Waals surface area contributed by atoms with E-state index in [1.807, 2.05) is 31.2 Å². The third-order valence-electron chi connectivity index (χ3n) is 4.77. The van der Waals surface area contributed by atoms with Crippen LogP contribution >= 0.6 is 0 Å². The van der Waals surface area contributed by atoms with Gasteiger partial charge in [-0.1, -0.05) is 32.0 Å². The van der Waals surface area contributed by atoms with Gasteiger partial charge in [0.1, 0.15) is 5.75 Å². The molecule has 1 fully saturated rings. The summed E-state index contributed by atoms with van der Waals surface area (Å²) in [6, 6.07) is 7.62. The largest absolute Gasteiger partial charge is 0.493 e. The molecular weight excluding hydrogens is 310 g/mol. The summed E-state index contributed by atoms with van der Waals surface area (Å²) in [4.78, 5) is 30.1. The fraction of sp³-hybridized carbons (Fsp3) is 0.556. The van der Waals surface area contributed by atoms with Crippen LogP contribution in [0.1, 0.15) is 31.9 Å². The zero-order chi connectivity index (χ0) is 17.3. The van der Waals surface area contributed by atoms with Gasteiger partial charge in [-0.2, -0.15) is 0 Å². The second-order valence-electron chi connectivity index (χ2n) is 6.57. The number of nitrogens with zero attached hydrogens (tertiary/aromatic N) is 1. The van der Waals surface area contributed by atoms with Gasteiger partial charge in [-0.3, -0.25) is 14.4 Å². The fourth-order valence-electron chi connectivity index (χ4n) is 3.46. The summed E-state index contributed by atoms with van der Waals surface area (Å²) in [5, 5.41) is 1.49. The van der Waals surface area contributed by atoms with Crippen molar-refractivity contribution in [3.63, 3.8) is 0 Å².